The predicted molar refractivity (Wildman–Crippen MR) is 89.6 cm³/mol. The maximum Gasteiger partial charge on any atom is 0.273 e. The van der Waals surface area contributed by atoms with E-state index < -0.39 is 0 Å². The van der Waals surface area contributed by atoms with Crippen LogP contribution in [0, 0.1) is 6.92 Å². The van der Waals surface area contributed by atoms with Gasteiger partial charge in [-0.25, -0.2) is 0 Å². The Bertz CT molecular complexity index is 654. The Morgan fingerprint density at radius 1 is 1.41 bits per heavy atom. The van der Waals surface area contributed by atoms with E-state index in [2.05, 4.69) is 22.2 Å². The second kappa shape index (κ2) is 6.83. The molecule has 6 heteroatoms. The topological polar surface area (TPSA) is 50.2 Å². The van der Waals surface area contributed by atoms with Crippen molar-refractivity contribution in [1.82, 2.24) is 15.1 Å². The fourth-order valence-electron chi connectivity index (χ4n) is 2.11. The molecule has 5 nitrogen and oxygen atoms in total. The van der Waals surface area contributed by atoms with Crippen LogP contribution in [0.3, 0.4) is 0 Å². The van der Waals surface area contributed by atoms with Crippen LogP contribution in [0.2, 0.25) is 5.02 Å². The number of anilines is 1. The smallest absolute Gasteiger partial charge is 0.273 e. The van der Waals surface area contributed by atoms with Gasteiger partial charge >= 0.3 is 0 Å². The van der Waals surface area contributed by atoms with Crippen LogP contribution in [0.1, 0.15) is 23.1 Å². The molecule has 1 aromatic heterocycles. The first-order chi connectivity index (χ1) is 10.4. The molecule has 2 aromatic rings. The number of aromatic nitrogens is 2. The average molecular weight is 321 g/mol. The van der Waals surface area contributed by atoms with E-state index in [1.165, 1.54) is 0 Å². The van der Waals surface area contributed by atoms with Gasteiger partial charge in [0.25, 0.3) is 5.91 Å². The number of carbonyl (C=O) groups is 1. The van der Waals surface area contributed by atoms with Gasteiger partial charge in [-0.1, -0.05) is 29.8 Å². The summed E-state index contributed by atoms with van der Waals surface area (Å²) in [6.07, 6.45) is 0. The van der Waals surface area contributed by atoms with Crippen molar-refractivity contribution in [2.75, 3.05) is 18.5 Å². The highest BCUT2D eigenvalue weighted by atomic mass is 35.5. The number of para-hydroxylation sites is 1. The molecule has 22 heavy (non-hydrogen) atoms. The number of halogens is 1. The molecule has 0 saturated heterocycles. The lowest BCUT2D eigenvalue weighted by Crippen LogP contribution is -2.40. The minimum atomic E-state index is -0.248. The SMILES string of the molecule is Cc1c(Cl)c(C(=O)NCC(C)N(C)c2ccccc2)nn1C. The molecule has 1 aromatic carbocycles. The summed E-state index contributed by atoms with van der Waals surface area (Å²) < 4.78 is 1.61. The van der Waals surface area contributed by atoms with Gasteiger partial charge in [0.2, 0.25) is 0 Å². The Labute approximate surface area is 135 Å². The maximum absolute atomic E-state index is 12.2. The first-order valence-corrected chi connectivity index (χ1v) is 7.54. The number of amides is 1. The molecular weight excluding hydrogens is 300 g/mol. The number of hydrogen-bond donors (Lipinski definition) is 1. The highest BCUT2D eigenvalue weighted by Gasteiger charge is 2.19. The number of rotatable bonds is 5. The van der Waals surface area contributed by atoms with Gasteiger partial charge in [0.1, 0.15) is 0 Å². The molecule has 0 saturated carbocycles. The van der Waals surface area contributed by atoms with E-state index in [1.54, 1.807) is 11.7 Å². The standard InChI is InChI=1S/C16H21ClN4O/c1-11(20(3)13-8-6-5-7-9-13)10-18-16(22)15-14(17)12(2)21(4)19-15/h5-9,11H,10H2,1-4H3,(H,18,22). The summed E-state index contributed by atoms with van der Waals surface area (Å²) in [5, 5.41) is 7.45. The third-order valence-corrected chi connectivity index (χ3v) is 4.31. The molecule has 0 aliphatic carbocycles. The Kier molecular flexibility index (Phi) is 5.08. The number of nitrogens with zero attached hydrogens (tertiary/aromatic N) is 3. The largest absolute Gasteiger partial charge is 0.370 e. The number of aryl methyl sites for hydroxylation is 1. The molecule has 0 bridgehead atoms. The van der Waals surface area contributed by atoms with Crippen LogP contribution in [-0.2, 0) is 7.05 Å². The minimum absolute atomic E-state index is 0.148. The molecule has 1 unspecified atom stereocenters. The van der Waals surface area contributed by atoms with Gasteiger partial charge in [-0.2, -0.15) is 5.10 Å². The van der Waals surface area contributed by atoms with Crippen molar-refractivity contribution in [1.29, 1.82) is 0 Å². The lowest BCUT2D eigenvalue weighted by Gasteiger charge is -2.27. The molecule has 0 aliphatic rings. The van der Waals surface area contributed by atoms with E-state index in [-0.39, 0.29) is 17.6 Å². The second-order valence-corrected chi connectivity index (χ2v) is 5.76. The van der Waals surface area contributed by atoms with Crippen LogP contribution in [0.5, 0.6) is 0 Å². The summed E-state index contributed by atoms with van der Waals surface area (Å²) in [5.41, 5.74) is 2.16. The maximum atomic E-state index is 12.2. The van der Waals surface area contributed by atoms with Gasteiger partial charge in [-0.3, -0.25) is 9.48 Å². The van der Waals surface area contributed by atoms with Crippen LogP contribution in [0.15, 0.2) is 30.3 Å². The van der Waals surface area contributed by atoms with E-state index in [4.69, 9.17) is 11.6 Å². The fraction of sp³-hybridized carbons (Fsp3) is 0.375. The third-order valence-electron chi connectivity index (χ3n) is 3.86. The number of nitrogens with one attached hydrogen (secondary N) is 1. The van der Waals surface area contributed by atoms with Crippen LogP contribution in [0.25, 0.3) is 0 Å². The molecule has 0 aliphatic heterocycles. The normalized spacial score (nSPS) is 12.0. The molecule has 1 heterocycles. The van der Waals surface area contributed by atoms with Crippen molar-refractivity contribution in [3.63, 3.8) is 0 Å². The zero-order valence-electron chi connectivity index (χ0n) is 13.3. The van der Waals surface area contributed by atoms with Gasteiger partial charge in [0.05, 0.1) is 10.7 Å². The third kappa shape index (κ3) is 3.42. The molecule has 118 valence electrons. The van der Waals surface area contributed by atoms with Crippen molar-refractivity contribution < 1.29 is 4.79 Å². The molecule has 2 rings (SSSR count). The van der Waals surface area contributed by atoms with E-state index in [0.29, 0.717) is 11.6 Å². The van der Waals surface area contributed by atoms with Crippen molar-refractivity contribution in [2.45, 2.75) is 19.9 Å². The second-order valence-electron chi connectivity index (χ2n) is 5.38. The number of carbonyl (C=O) groups excluding carboxylic acids is 1. The molecule has 1 atom stereocenters. The van der Waals surface area contributed by atoms with Crippen molar-refractivity contribution in [3.8, 4) is 0 Å². The van der Waals surface area contributed by atoms with Crippen LogP contribution >= 0.6 is 11.6 Å². The summed E-state index contributed by atoms with van der Waals surface area (Å²) >= 11 is 6.13. The van der Waals surface area contributed by atoms with Crippen molar-refractivity contribution in [2.24, 2.45) is 7.05 Å². The number of benzene rings is 1. The molecule has 0 spiro atoms. The summed E-state index contributed by atoms with van der Waals surface area (Å²) in [6, 6.07) is 10.2. The van der Waals surface area contributed by atoms with E-state index in [1.807, 2.05) is 44.3 Å². The highest BCUT2D eigenvalue weighted by Crippen LogP contribution is 2.19. The van der Waals surface area contributed by atoms with E-state index in [0.717, 1.165) is 11.4 Å². The summed E-state index contributed by atoms with van der Waals surface area (Å²) in [5.74, 6) is -0.248. The Morgan fingerprint density at radius 2 is 2.05 bits per heavy atom. The average Bonchev–Trinajstić information content (AvgIpc) is 2.80. The lowest BCUT2D eigenvalue weighted by molar-refractivity contribution is 0.0946. The van der Waals surface area contributed by atoms with E-state index >= 15 is 0 Å². The fourth-order valence-corrected chi connectivity index (χ4v) is 2.35. The monoisotopic (exact) mass is 320 g/mol. The minimum Gasteiger partial charge on any atom is -0.370 e. The lowest BCUT2D eigenvalue weighted by atomic mass is 10.2. The number of likely N-dealkylation sites (N-methyl/N-ethyl adjacent to an activating group) is 1. The Hall–Kier alpha value is -2.01. The van der Waals surface area contributed by atoms with Crippen LogP contribution in [0.4, 0.5) is 5.69 Å². The predicted octanol–water partition coefficient (Wildman–Crippen LogP) is 2.64. The summed E-state index contributed by atoms with van der Waals surface area (Å²) in [7, 11) is 3.77. The van der Waals surface area contributed by atoms with E-state index in [9.17, 15) is 4.79 Å². The molecule has 0 radical (unpaired) electrons. The first-order valence-electron chi connectivity index (χ1n) is 7.17. The van der Waals surface area contributed by atoms with Gasteiger partial charge in [0.15, 0.2) is 5.69 Å². The number of hydrogen-bond acceptors (Lipinski definition) is 3. The zero-order valence-corrected chi connectivity index (χ0v) is 14.1. The quantitative estimate of drug-likeness (QED) is 0.921. The Morgan fingerprint density at radius 3 is 2.59 bits per heavy atom. The zero-order chi connectivity index (χ0) is 16.3. The summed E-state index contributed by atoms with van der Waals surface area (Å²) in [4.78, 5) is 14.3. The van der Waals surface area contributed by atoms with Gasteiger partial charge in [-0.15, -0.1) is 0 Å². The van der Waals surface area contributed by atoms with Crippen molar-refractivity contribution in [3.05, 3.63) is 46.7 Å². The van der Waals surface area contributed by atoms with Crippen LogP contribution in [-0.4, -0.2) is 35.3 Å². The molecule has 0 fully saturated rings. The van der Waals surface area contributed by atoms with Crippen molar-refractivity contribution >= 4 is 23.2 Å². The Balaban J connectivity index is 1.97. The van der Waals surface area contributed by atoms with Gasteiger partial charge in [-0.05, 0) is 26.0 Å². The van der Waals surface area contributed by atoms with Crippen LogP contribution < -0.4 is 10.2 Å². The van der Waals surface area contributed by atoms with Gasteiger partial charge in [0, 0.05) is 32.4 Å². The molecular formula is C16H21ClN4O. The highest BCUT2D eigenvalue weighted by molar-refractivity contribution is 6.34. The molecule has 1 N–H and O–H groups in total. The molecule has 1 amide bonds. The first kappa shape index (κ1) is 16.4. The summed E-state index contributed by atoms with van der Waals surface area (Å²) in [6.45, 7) is 4.40. The van der Waals surface area contributed by atoms with Gasteiger partial charge < -0.3 is 10.2 Å².